The topological polar surface area (TPSA) is 82.1 Å². The number of para-hydroxylation sites is 1. The van der Waals surface area contributed by atoms with Crippen molar-refractivity contribution in [3.63, 3.8) is 0 Å². The number of esters is 1. The average molecular weight is 379 g/mol. The summed E-state index contributed by atoms with van der Waals surface area (Å²) in [4.78, 5) is 37.2. The van der Waals surface area contributed by atoms with E-state index in [1.54, 1.807) is 31.2 Å². The van der Waals surface area contributed by atoms with E-state index >= 15 is 0 Å². The number of hydrogen-bond acceptors (Lipinski definition) is 7. The van der Waals surface area contributed by atoms with E-state index in [1.807, 2.05) is 13.8 Å². The Kier molecular flexibility index (Phi) is 6.68. The molecule has 0 aliphatic carbocycles. The molecule has 1 heterocycles. The van der Waals surface area contributed by atoms with E-state index in [0.717, 1.165) is 16.7 Å². The molecule has 0 unspecified atom stereocenters. The summed E-state index contributed by atoms with van der Waals surface area (Å²) >= 11 is 0.772. The molecule has 1 aliphatic rings. The molecule has 140 valence electrons. The van der Waals surface area contributed by atoms with Gasteiger partial charge in [0.25, 0.3) is 11.1 Å². The van der Waals surface area contributed by atoms with Crippen LogP contribution in [0.4, 0.5) is 4.79 Å². The number of imide groups is 1. The molecule has 0 aromatic heterocycles. The molecule has 1 aromatic carbocycles. The van der Waals surface area contributed by atoms with Gasteiger partial charge in [0.15, 0.2) is 11.5 Å². The quantitative estimate of drug-likeness (QED) is 0.532. The van der Waals surface area contributed by atoms with E-state index in [-0.39, 0.29) is 17.6 Å². The Morgan fingerprint density at radius 3 is 2.65 bits per heavy atom. The molecule has 8 heteroatoms. The summed E-state index contributed by atoms with van der Waals surface area (Å²) < 4.78 is 15.9. The molecule has 7 nitrogen and oxygen atoms in total. The molecule has 0 N–H and O–H groups in total. The Hall–Kier alpha value is -2.48. The van der Waals surface area contributed by atoms with Crippen molar-refractivity contribution in [2.45, 2.75) is 26.9 Å². The summed E-state index contributed by atoms with van der Waals surface area (Å²) in [6.45, 7) is 5.20. The first-order valence-electron chi connectivity index (χ1n) is 8.12. The van der Waals surface area contributed by atoms with Crippen LogP contribution in [0.3, 0.4) is 0 Å². The smallest absolute Gasteiger partial charge is 0.326 e. The van der Waals surface area contributed by atoms with Crippen molar-refractivity contribution in [3.05, 3.63) is 28.7 Å². The molecule has 0 atom stereocenters. The third-order valence-corrected chi connectivity index (χ3v) is 4.24. The normalized spacial score (nSPS) is 15.7. The molecule has 1 saturated heterocycles. The fraction of sp³-hybridized carbons (Fsp3) is 0.389. The van der Waals surface area contributed by atoms with E-state index in [0.29, 0.717) is 17.1 Å². The molecule has 1 fully saturated rings. The number of carbonyl (C=O) groups is 3. The third-order valence-electron chi connectivity index (χ3n) is 3.34. The first kappa shape index (κ1) is 19.8. The van der Waals surface area contributed by atoms with Gasteiger partial charge in [-0.3, -0.25) is 19.3 Å². The van der Waals surface area contributed by atoms with Gasteiger partial charge in [0.05, 0.1) is 24.7 Å². The fourth-order valence-electron chi connectivity index (χ4n) is 2.28. The standard InChI is InChI=1S/C18H21NO6S/c1-5-24-15(20)10-19-17(21)14(26-18(19)22)9-12-7-6-8-13(23-4)16(12)25-11(2)3/h6-9,11H,5,10H2,1-4H3/b14-9-. The van der Waals surface area contributed by atoms with E-state index in [9.17, 15) is 14.4 Å². The number of nitrogens with zero attached hydrogens (tertiary/aromatic N) is 1. The maximum absolute atomic E-state index is 12.5. The van der Waals surface area contributed by atoms with Crippen molar-refractivity contribution in [2.24, 2.45) is 0 Å². The van der Waals surface area contributed by atoms with Crippen LogP contribution in [-0.2, 0) is 14.3 Å². The van der Waals surface area contributed by atoms with Crippen molar-refractivity contribution < 1.29 is 28.6 Å². The SMILES string of the molecule is CCOC(=O)CN1C(=O)S/C(=C\c2cccc(OC)c2OC(C)C)C1=O. The van der Waals surface area contributed by atoms with Crippen molar-refractivity contribution in [2.75, 3.05) is 20.3 Å². The molecule has 0 saturated carbocycles. The van der Waals surface area contributed by atoms with Gasteiger partial charge in [0.1, 0.15) is 6.54 Å². The minimum absolute atomic E-state index is 0.0997. The highest BCUT2D eigenvalue weighted by atomic mass is 32.2. The minimum Gasteiger partial charge on any atom is -0.493 e. The van der Waals surface area contributed by atoms with E-state index in [2.05, 4.69) is 0 Å². The van der Waals surface area contributed by atoms with Crippen LogP contribution in [0.15, 0.2) is 23.1 Å². The van der Waals surface area contributed by atoms with Crippen LogP contribution in [0.25, 0.3) is 6.08 Å². The number of rotatable bonds is 7. The van der Waals surface area contributed by atoms with Gasteiger partial charge >= 0.3 is 5.97 Å². The summed E-state index contributed by atoms with van der Waals surface area (Å²) in [5.74, 6) is -0.145. The third kappa shape index (κ3) is 4.57. The van der Waals surface area contributed by atoms with Crippen LogP contribution in [0.5, 0.6) is 11.5 Å². The first-order chi connectivity index (χ1) is 12.4. The molecule has 2 amide bonds. The monoisotopic (exact) mass is 379 g/mol. The Morgan fingerprint density at radius 1 is 1.31 bits per heavy atom. The van der Waals surface area contributed by atoms with Gasteiger partial charge in [0, 0.05) is 5.56 Å². The van der Waals surface area contributed by atoms with Gasteiger partial charge in [-0.25, -0.2) is 0 Å². The Labute approximate surface area is 156 Å². The maximum Gasteiger partial charge on any atom is 0.326 e. The van der Waals surface area contributed by atoms with E-state index < -0.39 is 23.7 Å². The summed E-state index contributed by atoms with van der Waals surface area (Å²) in [5, 5.41) is -0.511. The number of benzene rings is 1. The van der Waals surface area contributed by atoms with Crippen LogP contribution in [-0.4, -0.2) is 48.4 Å². The van der Waals surface area contributed by atoms with Crippen molar-refractivity contribution in [1.82, 2.24) is 4.90 Å². The zero-order chi connectivity index (χ0) is 19.3. The van der Waals surface area contributed by atoms with Crippen LogP contribution in [0.2, 0.25) is 0 Å². The molecular formula is C18H21NO6S. The Bertz CT molecular complexity index is 743. The Balaban J connectivity index is 2.31. The van der Waals surface area contributed by atoms with Crippen molar-refractivity contribution in [3.8, 4) is 11.5 Å². The number of carbonyl (C=O) groups excluding carboxylic acids is 3. The second-order valence-corrected chi connectivity index (χ2v) is 6.61. The lowest BCUT2D eigenvalue weighted by Crippen LogP contribution is -2.34. The summed E-state index contributed by atoms with van der Waals surface area (Å²) in [7, 11) is 1.53. The lowest BCUT2D eigenvalue weighted by molar-refractivity contribution is -0.145. The number of thioether (sulfide) groups is 1. The van der Waals surface area contributed by atoms with E-state index in [1.165, 1.54) is 7.11 Å². The molecule has 1 aromatic rings. The summed E-state index contributed by atoms with van der Waals surface area (Å²) in [5.41, 5.74) is 0.611. The second kappa shape index (κ2) is 8.75. The van der Waals surface area contributed by atoms with Crippen LogP contribution in [0.1, 0.15) is 26.3 Å². The molecule has 26 heavy (non-hydrogen) atoms. The zero-order valence-corrected chi connectivity index (χ0v) is 15.9. The largest absolute Gasteiger partial charge is 0.493 e. The number of ether oxygens (including phenoxy) is 3. The lowest BCUT2D eigenvalue weighted by Gasteiger charge is -2.16. The minimum atomic E-state index is -0.624. The predicted molar refractivity (Wildman–Crippen MR) is 98.1 cm³/mol. The van der Waals surface area contributed by atoms with Gasteiger partial charge in [-0.15, -0.1) is 0 Å². The van der Waals surface area contributed by atoms with Crippen molar-refractivity contribution in [1.29, 1.82) is 0 Å². The molecule has 0 radical (unpaired) electrons. The van der Waals surface area contributed by atoms with Gasteiger partial charge < -0.3 is 14.2 Å². The molecule has 1 aliphatic heterocycles. The summed E-state index contributed by atoms with van der Waals surface area (Å²) in [6, 6.07) is 5.28. The molecular weight excluding hydrogens is 358 g/mol. The van der Waals surface area contributed by atoms with E-state index in [4.69, 9.17) is 14.2 Å². The van der Waals surface area contributed by atoms with Gasteiger partial charge in [0.2, 0.25) is 0 Å². The molecule has 0 spiro atoms. The van der Waals surface area contributed by atoms with Gasteiger partial charge in [-0.05, 0) is 44.7 Å². The maximum atomic E-state index is 12.5. The second-order valence-electron chi connectivity index (χ2n) is 5.62. The average Bonchev–Trinajstić information content (AvgIpc) is 2.83. The number of amides is 2. The highest BCUT2D eigenvalue weighted by Crippen LogP contribution is 2.37. The van der Waals surface area contributed by atoms with Crippen LogP contribution >= 0.6 is 11.8 Å². The van der Waals surface area contributed by atoms with Gasteiger partial charge in [-0.1, -0.05) is 12.1 Å². The van der Waals surface area contributed by atoms with Crippen LogP contribution < -0.4 is 9.47 Å². The zero-order valence-electron chi connectivity index (χ0n) is 15.1. The highest BCUT2D eigenvalue weighted by Gasteiger charge is 2.36. The fourth-order valence-corrected chi connectivity index (χ4v) is 3.11. The Morgan fingerprint density at radius 2 is 2.04 bits per heavy atom. The first-order valence-corrected chi connectivity index (χ1v) is 8.93. The highest BCUT2D eigenvalue weighted by molar-refractivity contribution is 8.18. The van der Waals surface area contributed by atoms with Crippen LogP contribution in [0, 0.1) is 0 Å². The molecule has 2 rings (SSSR count). The molecule has 0 bridgehead atoms. The summed E-state index contributed by atoms with van der Waals surface area (Å²) in [6.07, 6.45) is 1.47. The lowest BCUT2D eigenvalue weighted by atomic mass is 10.1. The predicted octanol–water partition coefficient (Wildman–Crippen LogP) is 3.08. The number of methoxy groups -OCH3 is 1. The number of hydrogen-bond donors (Lipinski definition) is 0. The van der Waals surface area contributed by atoms with Gasteiger partial charge in [-0.2, -0.15) is 0 Å². The van der Waals surface area contributed by atoms with Crippen molar-refractivity contribution >= 4 is 35.0 Å².